The maximum Gasteiger partial charge on any atom is 0.315 e. The molecule has 0 saturated heterocycles. The summed E-state index contributed by atoms with van der Waals surface area (Å²) in [7, 11) is 1.27. The summed E-state index contributed by atoms with van der Waals surface area (Å²) in [5, 5.41) is 0. The third-order valence-corrected chi connectivity index (χ3v) is 2.85. The van der Waals surface area contributed by atoms with Gasteiger partial charge in [0.25, 0.3) is 0 Å². The highest BCUT2D eigenvalue weighted by molar-refractivity contribution is 5.98. The molecule has 108 valence electrons. The molecular formula is C16H20O4. The summed E-state index contributed by atoms with van der Waals surface area (Å²) >= 11 is 0. The second kappa shape index (κ2) is 9.04. The fourth-order valence-corrected chi connectivity index (χ4v) is 1.60. The number of esters is 1. The molecule has 0 heterocycles. The lowest BCUT2D eigenvalue weighted by molar-refractivity contribution is -0.148. The number of methoxy groups -OCH3 is 1. The lowest BCUT2D eigenvalue weighted by Crippen LogP contribution is -2.23. The molecule has 0 fully saturated rings. The summed E-state index contributed by atoms with van der Waals surface area (Å²) < 4.78 is 9.85. The molecule has 4 nitrogen and oxygen atoms in total. The zero-order valence-corrected chi connectivity index (χ0v) is 11.9. The number of rotatable bonds is 8. The Bertz CT molecular complexity index is 451. The van der Waals surface area contributed by atoms with Gasteiger partial charge in [-0.15, -0.1) is 0 Å². The maximum absolute atomic E-state index is 11.6. The lowest BCUT2D eigenvalue weighted by atomic mass is 10.1. The van der Waals surface area contributed by atoms with Gasteiger partial charge in [0.15, 0.2) is 0 Å². The SMILES string of the molecule is COC(=O)C(C)C(=O)CCOC/C=C/c1ccccc1. The molecule has 0 aliphatic rings. The third-order valence-electron chi connectivity index (χ3n) is 2.85. The van der Waals surface area contributed by atoms with E-state index in [1.807, 2.05) is 42.5 Å². The van der Waals surface area contributed by atoms with Crippen molar-refractivity contribution in [2.24, 2.45) is 5.92 Å². The Labute approximate surface area is 119 Å². The van der Waals surface area contributed by atoms with Crippen molar-refractivity contribution in [1.29, 1.82) is 0 Å². The van der Waals surface area contributed by atoms with Crippen molar-refractivity contribution in [1.82, 2.24) is 0 Å². The van der Waals surface area contributed by atoms with Crippen LogP contribution in [0.25, 0.3) is 6.08 Å². The van der Waals surface area contributed by atoms with Gasteiger partial charge in [-0.2, -0.15) is 0 Å². The molecular weight excluding hydrogens is 256 g/mol. The molecule has 1 atom stereocenters. The van der Waals surface area contributed by atoms with Crippen LogP contribution < -0.4 is 0 Å². The number of ketones is 1. The van der Waals surface area contributed by atoms with Crippen LogP contribution in [0.15, 0.2) is 36.4 Å². The van der Waals surface area contributed by atoms with Crippen molar-refractivity contribution >= 4 is 17.8 Å². The topological polar surface area (TPSA) is 52.6 Å². The van der Waals surface area contributed by atoms with Gasteiger partial charge < -0.3 is 9.47 Å². The third kappa shape index (κ3) is 5.80. The highest BCUT2D eigenvalue weighted by atomic mass is 16.5. The summed E-state index contributed by atoms with van der Waals surface area (Å²) in [5.41, 5.74) is 1.10. The Kier molecular flexibility index (Phi) is 7.29. The van der Waals surface area contributed by atoms with Crippen LogP contribution in [0.1, 0.15) is 18.9 Å². The average Bonchev–Trinajstić information content (AvgIpc) is 2.49. The van der Waals surface area contributed by atoms with Gasteiger partial charge in [-0.25, -0.2) is 0 Å². The fourth-order valence-electron chi connectivity index (χ4n) is 1.60. The number of Topliss-reactive ketones (excluding diaryl/α,β-unsaturated/α-hetero) is 1. The minimum atomic E-state index is -0.719. The van der Waals surface area contributed by atoms with E-state index >= 15 is 0 Å². The normalized spacial score (nSPS) is 12.3. The van der Waals surface area contributed by atoms with Gasteiger partial charge in [0, 0.05) is 6.42 Å². The fraction of sp³-hybridized carbons (Fsp3) is 0.375. The smallest absolute Gasteiger partial charge is 0.315 e. The van der Waals surface area contributed by atoms with Gasteiger partial charge in [0.05, 0.1) is 20.3 Å². The van der Waals surface area contributed by atoms with E-state index < -0.39 is 11.9 Å². The average molecular weight is 276 g/mol. The van der Waals surface area contributed by atoms with Crippen molar-refractivity contribution in [2.75, 3.05) is 20.3 Å². The van der Waals surface area contributed by atoms with E-state index in [0.29, 0.717) is 13.2 Å². The molecule has 0 spiro atoms. The van der Waals surface area contributed by atoms with E-state index in [1.165, 1.54) is 7.11 Å². The molecule has 1 aromatic carbocycles. The van der Waals surface area contributed by atoms with E-state index in [4.69, 9.17) is 4.74 Å². The molecule has 1 aromatic rings. The van der Waals surface area contributed by atoms with Crippen LogP contribution in [0.5, 0.6) is 0 Å². The second-order valence-electron chi connectivity index (χ2n) is 4.35. The largest absolute Gasteiger partial charge is 0.468 e. The van der Waals surface area contributed by atoms with E-state index in [2.05, 4.69) is 4.74 Å². The number of carbonyl (C=O) groups is 2. The minimum Gasteiger partial charge on any atom is -0.468 e. The highest BCUT2D eigenvalue weighted by Crippen LogP contribution is 2.04. The first kappa shape index (κ1) is 16.1. The molecule has 0 aromatic heterocycles. The standard InChI is InChI=1S/C16H20O4/c1-13(16(18)19-2)15(17)10-12-20-11-6-9-14-7-4-3-5-8-14/h3-9,13H,10-12H2,1-2H3/b9-6+. The first-order valence-electron chi connectivity index (χ1n) is 6.55. The predicted octanol–water partition coefficient (Wildman–Crippen LogP) is 2.48. The molecule has 0 bridgehead atoms. The number of ether oxygens (including phenoxy) is 2. The van der Waals surface area contributed by atoms with Crippen molar-refractivity contribution in [2.45, 2.75) is 13.3 Å². The van der Waals surface area contributed by atoms with Crippen LogP contribution in [0.3, 0.4) is 0 Å². The first-order chi connectivity index (χ1) is 9.65. The van der Waals surface area contributed by atoms with E-state index in [0.717, 1.165) is 5.56 Å². The summed E-state index contributed by atoms with van der Waals surface area (Å²) in [4.78, 5) is 22.7. The van der Waals surface area contributed by atoms with Crippen molar-refractivity contribution < 1.29 is 19.1 Å². The predicted molar refractivity (Wildman–Crippen MR) is 77.1 cm³/mol. The summed E-state index contributed by atoms with van der Waals surface area (Å²) in [6.45, 7) is 2.29. The van der Waals surface area contributed by atoms with E-state index in [9.17, 15) is 9.59 Å². The zero-order chi connectivity index (χ0) is 14.8. The Hall–Kier alpha value is -1.94. The molecule has 20 heavy (non-hydrogen) atoms. The van der Waals surface area contributed by atoms with Crippen LogP contribution in [-0.2, 0) is 19.1 Å². The Balaban J connectivity index is 2.18. The molecule has 1 rings (SSSR count). The molecule has 0 amide bonds. The Morgan fingerprint density at radius 3 is 2.60 bits per heavy atom. The van der Waals surface area contributed by atoms with E-state index in [1.54, 1.807) is 6.92 Å². The summed E-state index contributed by atoms with van der Waals surface area (Å²) in [6.07, 6.45) is 4.07. The number of hydrogen-bond donors (Lipinski definition) is 0. The number of benzene rings is 1. The molecule has 4 heteroatoms. The molecule has 0 N–H and O–H groups in total. The van der Waals surface area contributed by atoms with Gasteiger partial charge in [0.1, 0.15) is 11.7 Å². The lowest BCUT2D eigenvalue weighted by Gasteiger charge is -2.07. The quantitative estimate of drug-likeness (QED) is 0.416. The van der Waals surface area contributed by atoms with Crippen molar-refractivity contribution in [3.05, 3.63) is 42.0 Å². The maximum atomic E-state index is 11.6. The monoisotopic (exact) mass is 276 g/mol. The van der Waals surface area contributed by atoms with Crippen molar-refractivity contribution in [3.63, 3.8) is 0 Å². The minimum absolute atomic E-state index is 0.163. The van der Waals surface area contributed by atoms with Crippen LogP contribution in [0.2, 0.25) is 0 Å². The molecule has 1 unspecified atom stereocenters. The summed E-state index contributed by atoms with van der Waals surface area (Å²) in [6, 6.07) is 9.89. The zero-order valence-electron chi connectivity index (χ0n) is 11.9. The van der Waals surface area contributed by atoms with Crippen LogP contribution in [0, 0.1) is 5.92 Å². The van der Waals surface area contributed by atoms with Gasteiger partial charge in [-0.1, -0.05) is 42.5 Å². The van der Waals surface area contributed by atoms with Gasteiger partial charge in [-0.3, -0.25) is 9.59 Å². The summed E-state index contributed by atoms with van der Waals surface area (Å²) in [5.74, 6) is -1.38. The Morgan fingerprint density at radius 1 is 1.25 bits per heavy atom. The molecule has 0 aliphatic carbocycles. The van der Waals surface area contributed by atoms with E-state index in [-0.39, 0.29) is 12.2 Å². The van der Waals surface area contributed by atoms with Crippen LogP contribution >= 0.6 is 0 Å². The number of carbonyl (C=O) groups excluding carboxylic acids is 2. The second-order valence-corrected chi connectivity index (χ2v) is 4.35. The van der Waals surface area contributed by atoms with Gasteiger partial charge in [0.2, 0.25) is 0 Å². The molecule has 0 radical (unpaired) electrons. The Morgan fingerprint density at radius 2 is 1.95 bits per heavy atom. The number of hydrogen-bond acceptors (Lipinski definition) is 4. The van der Waals surface area contributed by atoms with Gasteiger partial charge in [-0.05, 0) is 12.5 Å². The molecule has 0 aliphatic heterocycles. The highest BCUT2D eigenvalue weighted by Gasteiger charge is 2.21. The van der Waals surface area contributed by atoms with Crippen molar-refractivity contribution in [3.8, 4) is 0 Å². The van der Waals surface area contributed by atoms with Crippen LogP contribution in [0.4, 0.5) is 0 Å². The van der Waals surface area contributed by atoms with Gasteiger partial charge >= 0.3 is 5.97 Å². The van der Waals surface area contributed by atoms with Crippen LogP contribution in [-0.4, -0.2) is 32.1 Å². The first-order valence-corrected chi connectivity index (χ1v) is 6.55. The molecule has 0 saturated carbocycles.